The van der Waals surface area contributed by atoms with Gasteiger partial charge in [0.15, 0.2) is 0 Å². The first kappa shape index (κ1) is 44.8. The van der Waals surface area contributed by atoms with E-state index >= 15 is 0 Å². The van der Waals surface area contributed by atoms with Gasteiger partial charge in [-0.25, -0.2) is 15.0 Å². The Balaban J connectivity index is 0.965. The van der Waals surface area contributed by atoms with E-state index in [4.69, 9.17) is 19.4 Å². The summed E-state index contributed by atoms with van der Waals surface area (Å²) in [5.41, 5.74) is 15.8. The Bertz CT molecular complexity index is 3220. The van der Waals surface area contributed by atoms with Crippen molar-refractivity contribution in [3.63, 3.8) is 0 Å². The number of hydrogen-bond donors (Lipinski definition) is 0. The lowest BCUT2D eigenvalue weighted by atomic mass is 9.85. The smallest absolute Gasteiger partial charge is 0.237 e. The molecule has 4 aromatic heterocycles. The molecule has 8 heteroatoms. The highest BCUT2D eigenvalue weighted by Crippen LogP contribution is 2.41. The number of aromatic nitrogens is 6. The van der Waals surface area contributed by atoms with Gasteiger partial charge >= 0.3 is 0 Å². The van der Waals surface area contributed by atoms with Crippen LogP contribution in [0.1, 0.15) is 101 Å². The van der Waals surface area contributed by atoms with Crippen LogP contribution in [0.2, 0.25) is 0 Å². The molecule has 10 aromatic rings. The molecule has 4 heterocycles. The number of fused-ring (bicyclic) bond motifs is 3. The van der Waals surface area contributed by atoms with E-state index in [-0.39, 0.29) is 0 Å². The van der Waals surface area contributed by atoms with Crippen molar-refractivity contribution in [2.24, 2.45) is 0 Å². The average molecular weight is 905 g/mol. The summed E-state index contributed by atoms with van der Waals surface area (Å²) in [5.74, 6) is 4.78. The van der Waals surface area contributed by atoms with Crippen LogP contribution in [-0.2, 0) is 0 Å². The normalized spacial score (nSPS) is 11.7. The number of rotatable bonds is 13. The quantitative estimate of drug-likeness (QED) is 0.114. The molecule has 0 aliphatic heterocycles. The maximum Gasteiger partial charge on any atom is 0.237 e. The highest BCUT2D eigenvalue weighted by atomic mass is 16.5. The van der Waals surface area contributed by atoms with Crippen molar-refractivity contribution < 1.29 is 9.47 Å². The van der Waals surface area contributed by atoms with Crippen LogP contribution < -0.4 is 9.47 Å². The molecule has 8 nitrogen and oxygen atoms in total. The van der Waals surface area contributed by atoms with Crippen LogP contribution in [0, 0.1) is 0 Å². The average Bonchev–Trinajstić information content (AvgIpc) is 3.69. The Kier molecular flexibility index (Phi) is 12.3. The molecule has 10 rings (SSSR count). The third kappa shape index (κ3) is 8.98. The van der Waals surface area contributed by atoms with Crippen molar-refractivity contribution in [3.05, 3.63) is 193 Å². The van der Waals surface area contributed by atoms with E-state index in [1.165, 1.54) is 57.2 Å². The van der Waals surface area contributed by atoms with E-state index in [0.29, 0.717) is 52.6 Å². The largest absolute Gasteiger partial charge is 0.457 e. The Labute approximate surface area is 404 Å². The maximum absolute atomic E-state index is 6.64. The zero-order valence-corrected chi connectivity index (χ0v) is 40.5. The first-order valence-electron chi connectivity index (χ1n) is 24.0. The van der Waals surface area contributed by atoms with Gasteiger partial charge in [0.25, 0.3) is 0 Å². The van der Waals surface area contributed by atoms with Gasteiger partial charge in [-0.3, -0.25) is 14.5 Å². The monoisotopic (exact) mass is 904 g/mol. The number of ether oxygens (including phenoxy) is 2. The second-order valence-electron chi connectivity index (χ2n) is 19.0. The van der Waals surface area contributed by atoms with Gasteiger partial charge in [0.1, 0.15) is 35.7 Å². The zero-order valence-electron chi connectivity index (χ0n) is 40.5. The Hall–Kier alpha value is -7.97. The van der Waals surface area contributed by atoms with Crippen molar-refractivity contribution in [1.29, 1.82) is 0 Å². The van der Waals surface area contributed by atoms with Crippen molar-refractivity contribution in [1.82, 2.24) is 29.5 Å². The van der Waals surface area contributed by atoms with Gasteiger partial charge in [-0.15, -0.1) is 0 Å². The van der Waals surface area contributed by atoms with Crippen molar-refractivity contribution in [3.8, 4) is 73.7 Å². The van der Waals surface area contributed by atoms with Gasteiger partial charge in [-0.2, -0.15) is 0 Å². The predicted octanol–water partition coefficient (Wildman–Crippen LogP) is 16.5. The minimum absolute atomic E-state index is 0.386. The Morgan fingerprint density at radius 2 is 0.768 bits per heavy atom. The number of pyridine rings is 2. The molecule has 0 amide bonds. The van der Waals surface area contributed by atoms with Crippen LogP contribution in [0.15, 0.2) is 171 Å². The molecule has 0 bridgehead atoms. The van der Waals surface area contributed by atoms with Crippen LogP contribution in [0.5, 0.6) is 23.0 Å². The van der Waals surface area contributed by atoms with Gasteiger partial charge in [-0.1, -0.05) is 116 Å². The first-order chi connectivity index (χ1) is 33.5. The molecule has 0 aliphatic rings. The van der Waals surface area contributed by atoms with Gasteiger partial charge < -0.3 is 9.47 Å². The summed E-state index contributed by atoms with van der Waals surface area (Å²) in [4.78, 5) is 23.0. The van der Waals surface area contributed by atoms with Crippen LogP contribution in [0.3, 0.4) is 0 Å². The molecule has 0 aliphatic carbocycles. The van der Waals surface area contributed by atoms with Crippen LogP contribution >= 0.6 is 0 Å². The maximum atomic E-state index is 6.64. The molecule has 0 fully saturated rings. The van der Waals surface area contributed by atoms with E-state index in [9.17, 15) is 0 Å². The molecule has 0 radical (unpaired) electrons. The fourth-order valence-corrected chi connectivity index (χ4v) is 9.64. The van der Waals surface area contributed by atoms with Crippen molar-refractivity contribution >= 4 is 21.8 Å². The molecule has 0 atom stereocenters. The highest BCUT2D eigenvalue weighted by Gasteiger charge is 2.20. The number of nitrogens with zero attached hydrogens (tertiary/aromatic N) is 6. The van der Waals surface area contributed by atoms with E-state index in [1.54, 1.807) is 0 Å². The second-order valence-corrected chi connectivity index (χ2v) is 19.0. The summed E-state index contributed by atoms with van der Waals surface area (Å²) in [7, 11) is 0. The fourth-order valence-electron chi connectivity index (χ4n) is 9.64. The molecule has 6 aromatic carbocycles. The minimum atomic E-state index is 0.386. The van der Waals surface area contributed by atoms with E-state index < -0.39 is 0 Å². The molecular formula is C61H56N6O2. The lowest BCUT2D eigenvalue weighted by Gasteiger charge is -2.20. The van der Waals surface area contributed by atoms with Gasteiger partial charge in [-0.05, 0) is 141 Å². The molecule has 0 saturated heterocycles. The highest BCUT2D eigenvalue weighted by molar-refractivity contribution is 6.09. The summed E-state index contributed by atoms with van der Waals surface area (Å²) < 4.78 is 15.3. The van der Waals surface area contributed by atoms with Crippen LogP contribution in [0.25, 0.3) is 72.5 Å². The van der Waals surface area contributed by atoms with Crippen LogP contribution in [0.4, 0.5) is 0 Å². The molecule has 0 saturated carbocycles. The molecular weight excluding hydrogens is 849 g/mol. The summed E-state index contributed by atoms with van der Waals surface area (Å²) in [6.07, 6.45) is 6.85. The topological polar surface area (TPSA) is 87.8 Å². The van der Waals surface area contributed by atoms with E-state index in [1.807, 2.05) is 65.5 Å². The minimum Gasteiger partial charge on any atom is -0.457 e. The van der Waals surface area contributed by atoms with Crippen LogP contribution in [-0.4, -0.2) is 29.5 Å². The summed E-state index contributed by atoms with van der Waals surface area (Å²) in [6, 6.07) is 50.5. The lowest BCUT2D eigenvalue weighted by Crippen LogP contribution is -2.01. The third-order valence-electron chi connectivity index (χ3n) is 13.0. The van der Waals surface area contributed by atoms with E-state index in [0.717, 1.165) is 44.3 Å². The number of hydrogen-bond acceptors (Lipinski definition) is 7. The molecule has 0 N–H and O–H groups in total. The summed E-state index contributed by atoms with van der Waals surface area (Å²) >= 11 is 0. The molecule has 69 heavy (non-hydrogen) atoms. The first-order valence-corrected chi connectivity index (χ1v) is 24.0. The SMILES string of the molecule is CC(C)c1cccc(C(C)C)c1-c1ccnc(-c2cccc(Oc3ccc4c5ccc(Oc6cccc(-c7cc(-c8c(C(C)C)cccc8C(C)C)ccn7)c6)cc5n(-c5ncncn5)c4c3)c2)c1. The summed E-state index contributed by atoms with van der Waals surface area (Å²) in [5, 5.41) is 2.04. The van der Waals surface area contributed by atoms with Crippen molar-refractivity contribution in [2.45, 2.75) is 79.1 Å². The Morgan fingerprint density at radius 3 is 1.17 bits per heavy atom. The predicted molar refractivity (Wildman–Crippen MR) is 281 cm³/mol. The number of benzene rings is 6. The zero-order chi connectivity index (χ0) is 47.8. The molecule has 342 valence electrons. The van der Waals surface area contributed by atoms with Gasteiger partial charge in [0, 0.05) is 46.4 Å². The fraction of sp³-hybridized carbons (Fsp3) is 0.197. The van der Waals surface area contributed by atoms with Gasteiger partial charge in [0.2, 0.25) is 5.95 Å². The second kappa shape index (κ2) is 19.0. The lowest BCUT2D eigenvalue weighted by molar-refractivity contribution is 0.483. The summed E-state index contributed by atoms with van der Waals surface area (Å²) in [6.45, 7) is 18.1. The Morgan fingerprint density at radius 1 is 0.377 bits per heavy atom. The van der Waals surface area contributed by atoms with E-state index in [2.05, 4.69) is 167 Å². The molecule has 0 spiro atoms. The standard InChI is InChI=1S/C61H56N6O2/c1-37(2)49-17-11-18-50(38(3)4)59(49)43-25-27-63-55(31-43)41-13-9-15-45(29-41)68-47-21-23-53-54-24-22-48(34-58(54)67(57(53)33-47)61-65-35-62-36-66-61)69-46-16-10-14-42(30-46)56-32-44(26-28-64-56)60-51(39(5)6)19-12-20-52(60)40(7)8/h9-40H,1-8H3. The van der Waals surface area contributed by atoms with Crippen molar-refractivity contribution in [2.75, 3.05) is 0 Å². The third-order valence-corrected chi connectivity index (χ3v) is 13.0. The molecule has 0 unspecified atom stereocenters. The van der Waals surface area contributed by atoms with Gasteiger partial charge in [0.05, 0.1) is 22.4 Å².